The molecule has 0 N–H and O–H groups in total. The van der Waals surface area contributed by atoms with Crippen molar-refractivity contribution in [3.63, 3.8) is 0 Å². The summed E-state index contributed by atoms with van der Waals surface area (Å²) in [5, 5.41) is 0. The van der Waals surface area contributed by atoms with Crippen LogP contribution in [0.4, 0.5) is 0 Å². The van der Waals surface area contributed by atoms with Gasteiger partial charge in [-0.2, -0.15) is 0 Å². The maximum atomic E-state index is 6.49. The van der Waals surface area contributed by atoms with Gasteiger partial charge in [0, 0.05) is 0 Å². The van der Waals surface area contributed by atoms with Crippen molar-refractivity contribution in [3.05, 3.63) is 22.7 Å². The lowest BCUT2D eigenvalue weighted by molar-refractivity contribution is 0.316. The Morgan fingerprint density at radius 3 is 1.87 bits per heavy atom. The number of hydrogen-bond donors (Lipinski definition) is 0. The normalized spacial score (nSPS) is 14.0. The third-order valence-electron chi connectivity index (χ3n) is 4.07. The molecule has 23 heavy (non-hydrogen) atoms. The summed E-state index contributed by atoms with van der Waals surface area (Å²) in [6.07, 6.45) is 6.16. The second kappa shape index (κ2) is 10.0. The molecule has 0 aromatic carbocycles. The van der Waals surface area contributed by atoms with E-state index in [2.05, 4.69) is 94.7 Å². The molecule has 0 aromatic heterocycles. The van der Waals surface area contributed by atoms with E-state index in [4.69, 9.17) is 4.43 Å². The Morgan fingerprint density at radius 1 is 1.00 bits per heavy atom. The molecule has 0 saturated heterocycles. The topological polar surface area (TPSA) is 9.23 Å². The molecule has 0 bridgehead atoms. The zero-order valence-electron chi connectivity index (χ0n) is 16.5. The van der Waals surface area contributed by atoms with E-state index >= 15 is 0 Å². The van der Waals surface area contributed by atoms with Gasteiger partial charge in [0.25, 0.3) is 0 Å². The zero-order chi connectivity index (χ0) is 18.3. The second-order valence-electron chi connectivity index (χ2n) is 8.07. The van der Waals surface area contributed by atoms with E-state index in [1.54, 1.807) is 0 Å². The lowest BCUT2D eigenvalue weighted by Crippen LogP contribution is -2.47. The van der Waals surface area contributed by atoms with Crippen LogP contribution in [-0.2, 0) is 4.43 Å². The van der Waals surface area contributed by atoms with Crippen molar-refractivity contribution in [2.45, 2.75) is 77.8 Å². The summed E-state index contributed by atoms with van der Waals surface area (Å²) >= 11 is 3.52. The van der Waals surface area contributed by atoms with E-state index in [0.29, 0.717) is 23.2 Å². The molecule has 0 fully saturated rings. The Hall–Kier alpha value is -0.0862. The molecule has 0 aliphatic rings. The first-order valence-corrected chi connectivity index (χ1v) is 15.1. The number of hydrogen-bond acceptors (Lipinski definition) is 1. The lowest BCUT2D eigenvalue weighted by atomic mass is 10.4. The van der Waals surface area contributed by atoms with E-state index in [-0.39, 0.29) is 0 Å². The highest BCUT2D eigenvalue weighted by Crippen LogP contribution is 2.42. The molecule has 0 amide bonds. The van der Waals surface area contributed by atoms with Crippen LogP contribution in [-0.4, -0.2) is 23.0 Å². The van der Waals surface area contributed by atoms with E-state index in [1.165, 1.54) is 0 Å². The summed E-state index contributed by atoms with van der Waals surface area (Å²) in [6, 6.07) is 0. The minimum Gasteiger partial charge on any atom is -0.412 e. The van der Waals surface area contributed by atoms with Gasteiger partial charge < -0.3 is 4.43 Å². The summed E-state index contributed by atoms with van der Waals surface area (Å²) in [4.78, 5) is 0. The molecule has 0 aliphatic carbocycles. The number of halogens is 1. The molecule has 1 nitrogen and oxygen atoms in total. The molecule has 0 aromatic rings. The zero-order valence-corrected chi connectivity index (χ0v) is 20.0. The van der Waals surface area contributed by atoms with Gasteiger partial charge in [0.2, 0.25) is 8.32 Å². The monoisotopic (exact) mass is 414 g/mol. The molecule has 0 spiro atoms. The highest BCUT2D eigenvalue weighted by Gasteiger charge is 2.44. The van der Waals surface area contributed by atoms with E-state index in [0.717, 1.165) is 4.48 Å². The Bertz CT molecular complexity index is 452. The first-order valence-electron chi connectivity index (χ1n) is 8.63. The van der Waals surface area contributed by atoms with Gasteiger partial charge in [-0.3, -0.25) is 0 Å². The van der Waals surface area contributed by atoms with Gasteiger partial charge in [-0.05, 0) is 38.6 Å². The first-order chi connectivity index (χ1) is 10.4. The summed E-state index contributed by atoms with van der Waals surface area (Å²) in [5.41, 5.74) is 5.22. The molecule has 4 heteroatoms. The molecule has 0 radical (unpaired) electrons. The smallest absolute Gasteiger partial charge is 0.200 e. The summed E-state index contributed by atoms with van der Waals surface area (Å²) < 4.78 is 7.43. The minimum absolute atomic E-state index is 0.626. The van der Waals surface area contributed by atoms with Crippen LogP contribution in [0.1, 0.15) is 41.5 Å². The summed E-state index contributed by atoms with van der Waals surface area (Å²) in [6.45, 7) is 21.3. The van der Waals surface area contributed by atoms with E-state index in [1.807, 2.05) is 12.2 Å². The molecule has 0 aliphatic heterocycles. The fraction of sp³-hybridized carbons (Fsp3) is 0.684. The Labute approximate surface area is 155 Å². The number of allylic oxidation sites excluding steroid dienone is 3. The van der Waals surface area contributed by atoms with Crippen molar-refractivity contribution in [2.75, 3.05) is 6.61 Å². The second-order valence-corrected chi connectivity index (χ2v) is 19.1. The van der Waals surface area contributed by atoms with Gasteiger partial charge >= 0.3 is 0 Å². The van der Waals surface area contributed by atoms with Gasteiger partial charge in [-0.15, -0.1) is 5.54 Å². The lowest BCUT2D eigenvalue weighted by Gasteiger charge is -2.41. The van der Waals surface area contributed by atoms with Crippen LogP contribution < -0.4 is 0 Å². The quantitative estimate of drug-likeness (QED) is 0.250. The molecule has 0 rings (SSSR count). The van der Waals surface area contributed by atoms with Crippen LogP contribution in [0.15, 0.2) is 22.7 Å². The van der Waals surface area contributed by atoms with Crippen molar-refractivity contribution in [2.24, 2.45) is 0 Å². The van der Waals surface area contributed by atoms with Crippen molar-refractivity contribution in [1.29, 1.82) is 0 Å². The molecule has 0 atom stereocenters. The maximum Gasteiger partial charge on any atom is 0.200 e. The summed E-state index contributed by atoms with van der Waals surface area (Å²) in [7, 11) is -3.06. The minimum atomic E-state index is -1.75. The summed E-state index contributed by atoms with van der Waals surface area (Å²) in [5.74, 6) is 3.19. The Balaban J connectivity index is 4.81. The van der Waals surface area contributed by atoms with Crippen LogP contribution in [0.3, 0.4) is 0 Å². The van der Waals surface area contributed by atoms with Crippen LogP contribution >= 0.6 is 15.9 Å². The van der Waals surface area contributed by atoms with Crippen LogP contribution in [0.25, 0.3) is 0 Å². The number of rotatable bonds is 7. The maximum absolute atomic E-state index is 6.49. The highest BCUT2D eigenvalue weighted by atomic mass is 79.9. The fourth-order valence-electron chi connectivity index (χ4n) is 3.19. The predicted molar refractivity (Wildman–Crippen MR) is 114 cm³/mol. The largest absolute Gasteiger partial charge is 0.412 e. The Morgan fingerprint density at radius 2 is 1.48 bits per heavy atom. The average Bonchev–Trinajstić information content (AvgIpc) is 2.38. The van der Waals surface area contributed by atoms with Crippen molar-refractivity contribution in [3.8, 4) is 11.5 Å². The van der Waals surface area contributed by atoms with Crippen LogP contribution in [0.5, 0.6) is 0 Å². The van der Waals surface area contributed by atoms with E-state index in [9.17, 15) is 0 Å². The SMILES string of the molecule is CC(C)[Si](OC/C=C/C=C(\Br)C#C[Si](C)(C)C)(C(C)C)C(C)C. The standard InChI is InChI=1S/C19H35BrOSi2/c1-16(2)23(17(3)4,18(5)6)21-14-11-10-12-19(20)13-15-22(7,8)9/h10-12,16-18H,14H2,1-9H3/b11-10+,19-12-. The van der Waals surface area contributed by atoms with Crippen LogP contribution in [0, 0.1) is 11.5 Å². The molecular weight excluding hydrogens is 380 g/mol. The van der Waals surface area contributed by atoms with Crippen molar-refractivity contribution in [1.82, 2.24) is 0 Å². The van der Waals surface area contributed by atoms with Crippen molar-refractivity contribution < 1.29 is 4.43 Å². The third-order valence-corrected chi connectivity index (χ3v) is 11.5. The predicted octanol–water partition coefficient (Wildman–Crippen LogP) is 6.89. The highest BCUT2D eigenvalue weighted by molar-refractivity contribution is 9.12. The Kier molecular flexibility index (Phi) is 9.99. The third kappa shape index (κ3) is 8.02. The first kappa shape index (κ1) is 22.9. The van der Waals surface area contributed by atoms with Crippen LogP contribution in [0.2, 0.25) is 36.3 Å². The molecule has 0 saturated carbocycles. The molecular formula is C19H35BrOSi2. The fourth-order valence-corrected chi connectivity index (χ4v) is 9.52. The molecule has 0 unspecified atom stereocenters. The van der Waals surface area contributed by atoms with Gasteiger partial charge in [0.1, 0.15) is 8.07 Å². The molecule has 132 valence electrons. The van der Waals surface area contributed by atoms with Gasteiger partial charge in [0.05, 0.1) is 11.1 Å². The van der Waals surface area contributed by atoms with Gasteiger partial charge in [-0.25, -0.2) is 0 Å². The van der Waals surface area contributed by atoms with E-state index < -0.39 is 16.4 Å². The average molecular weight is 416 g/mol. The van der Waals surface area contributed by atoms with Gasteiger partial charge in [-0.1, -0.05) is 79.3 Å². The molecule has 0 heterocycles. The van der Waals surface area contributed by atoms with Gasteiger partial charge in [0.15, 0.2) is 0 Å². The van der Waals surface area contributed by atoms with Crippen molar-refractivity contribution >= 4 is 32.3 Å².